The first-order valence-electron chi connectivity index (χ1n) is 15.2. The number of amides is 2. The molecular formula is C32H44N6O3. The quantitative estimate of drug-likeness (QED) is 0.460. The van der Waals surface area contributed by atoms with Crippen molar-refractivity contribution in [2.24, 2.45) is 10.9 Å². The van der Waals surface area contributed by atoms with Gasteiger partial charge in [-0.05, 0) is 89.7 Å². The van der Waals surface area contributed by atoms with Gasteiger partial charge in [-0.25, -0.2) is 4.98 Å². The first-order valence-corrected chi connectivity index (χ1v) is 15.2. The summed E-state index contributed by atoms with van der Waals surface area (Å²) in [6.07, 6.45) is 9.58. The SMILES string of the molecule is CNc1ccc(C(=O)N=C2Cc3cnc(OCCN4CCCCC4)cc3N2C2CCC(C(=O)NC(C)C)CC2)cc1. The van der Waals surface area contributed by atoms with E-state index in [-0.39, 0.29) is 29.8 Å². The summed E-state index contributed by atoms with van der Waals surface area (Å²) >= 11 is 0. The first kappa shape index (κ1) is 29.0. The maximum atomic E-state index is 13.2. The summed E-state index contributed by atoms with van der Waals surface area (Å²) in [5, 5.41) is 6.15. The van der Waals surface area contributed by atoms with Gasteiger partial charge < -0.3 is 20.3 Å². The Bertz CT molecular complexity index is 1230. The molecule has 0 atom stereocenters. The number of hydrogen-bond donors (Lipinski definition) is 2. The number of likely N-dealkylation sites (tertiary alicyclic amines) is 1. The van der Waals surface area contributed by atoms with Crippen LogP contribution in [0.3, 0.4) is 0 Å². The molecule has 2 fully saturated rings. The van der Waals surface area contributed by atoms with Crippen LogP contribution < -0.4 is 20.3 Å². The van der Waals surface area contributed by atoms with E-state index >= 15 is 0 Å². The van der Waals surface area contributed by atoms with Gasteiger partial charge in [-0.15, -0.1) is 0 Å². The molecule has 3 aliphatic rings. The van der Waals surface area contributed by atoms with Crippen molar-refractivity contribution in [3.8, 4) is 5.88 Å². The number of fused-ring (bicyclic) bond motifs is 1. The molecular weight excluding hydrogens is 516 g/mol. The Morgan fingerprint density at radius 2 is 1.80 bits per heavy atom. The van der Waals surface area contributed by atoms with Crippen LogP contribution in [0.5, 0.6) is 5.88 Å². The molecule has 1 saturated carbocycles. The number of aliphatic imine (C=N–C) groups is 1. The molecule has 2 aromatic rings. The normalized spacial score (nSPS) is 22.0. The van der Waals surface area contributed by atoms with Crippen LogP contribution in [0.4, 0.5) is 11.4 Å². The van der Waals surface area contributed by atoms with Crippen LogP contribution in [0.15, 0.2) is 41.5 Å². The van der Waals surface area contributed by atoms with E-state index in [4.69, 9.17) is 4.74 Å². The van der Waals surface area contributed by atoms with Gasteiger partial charge in [-0.3, -0.25) is 14.5 Å². The van der Waals surface area contributed by atoms with E-state index in [0.717, 1.165) is 68.1 Å². The highest BCUT2D eigenvalue weighted by molar-refractivity contribution is 6.12. The summed E-state index contributed by atoms with van der Waals surface area (Å²) in [7, 11) is 1.85. The van der Waals surface area contributed by atoms with Crippen LogP contribution in [0.25, 0.3) is 0 Å². The molecule has 2 N–H and O–H groups in total. The molecule has 1 aromatic heterocycles. The maximum absolute atomic E-state index is 13.2. The molecule has 41 heavy (non-hydrogen) atoms. The number of nitrogens with one attached hydrogen (secondary N) is 2. The molecule has 2 aliphatic heterocycles. The zero-order valence-electron chi connectivity index (χ0n) is 24.7. The Balaban J connectivity index is 1.34. The number of benzene rings is 1. The fourth-order valence-electron chi connectivity index (χ4n) is 6.21. The van der Waals surface area contributed by atoms with E-state index in [0.29, 0.717) is 24.5 Å². The van der Waals surface area contributed by atoms with E-state index in [9.17, 15) is 9.59 Å². The Hall–Kier alpha value is -3.46. The van der Waals surface area contributed by atoms with Crippen molar-refractivity contribution >= 4 is 29.0 Å². The van der Waals surface area contributed by atoms with E-state index in [1.807, 2.05) is 45.3 Å². The second-order valence-electron chi connectivity index (χ2n) is 11.8. The number of ether oxygens (including phenoxy) is 1. The lowest BCUT2D eigenvalue weighted by Gasteiger charge is -2.36. The molecule has 9 heteroatoms. The van der Waals surface area contributed by atoms with Crippen molar-refractivity contribution in [2.45, 2.75) is 77.3 Å². The zero-order chi connectivity index (χ0) is 28.8. The molecule has 0 radical (unpaired) electrons. The molecule has 0 spiro atoms. The molecule has 0 unspecified atom stereocenters. The molecule has 5 rings (SSSR count). The number of carbonyl (C=O) groups excluding carboxylic acids is 2. The minimum Gasteiger partial charge on any atom is -0.476 e. The monoisotopic (exact) mass is 560 g/mol. The van der Waals surface area contributed by atoms with Gasteiger partial charge in [0.2, 0.25) is 11.8 Å². The van der Waals surface area contributed by atoms with Gasteiger partial charge in [0.1, 0.15) is 12.4 Å². The van der Waals surface area contributed by atoms with E-state index in [1.165, 1.54) is 19.3 Å². The summed E-state index contributed by atoms with van der Waals surface area (Å²) in [5.41, 5.74) is 3.56. The Morgan fingerprint density at radius 3 is 2.49 bits per heavy atom. The van der Waals surface area contributed by atoms with Crippen LogP contribution in [0, 0.1) is 5.92 Å². The van der Waals surface area contributed by atoms with Gasteiger partial charge in [0.05, 0.1) is 5.69 Å². The van der Waals surface area contributed by atoms with Crippen LogP contribution in [0.2, 0.25) is 0 Å². The second-order valence-corrected chi connectivity index (χ2v) is 11.8. The third kappa shape index (κ3) is 7.25. The average Bonchev–Trinajstić information content (AvgIpc) is 3.34. The lowest BCUT2D eigenvalue weighted by atomic mass is 9.84. The van der Waals surface area contributed by atoms with Crippen molar-refractivity contribution < 1.29 is 14.3 Å². The molecule has 9 nitrogen and oxygen atoms in total. The molecule has 0 bridgehead atoms. The summed E-state index contributed by atoms with van der Waals surface area (Å²) in [6, 6.07) is 9.68. The van der Waals surface area contributed by atoms with Crippen molar-refractivity contribution in [1.82, 2.24) is 15.2 Å². The highest BCUT2D eigenvalue weighted by atomic mass is 16.5. The Kier molecular flexibility index (Phi) is 9.54. The predicted molar refractivity (Wildman–Crippen MR) is 163 cm³/mol. The van der Waals surface area contributed by atoms with Crippen molar-refractivity contribution in [3.63, 3.8) is 0 Å². The molecule has 1 saturated heterocycles. The number of aromatic nitrogens is 1. The van der Waals surface area contributed by atoms with E-state index in [2.05, 4.69) is 30.4 Å². The van der Waals surface area contributed by atoms with Crippen LogP contribution in [-0.2, 0) is 11.2 Å². The summed E-state index contributed by atoms with van der Waals surface area (Å²) in [4.78, 5) is 39.9. The maximum Gasteiger partial charge on any atom is 0.278 e. The standard InChI is InChI=1S/C32H44N6O3/c1-22(2)35-31(39)24-9-13-27(14-10-24)38-28-20-30(41-18-17-37-15-5-4-6-16-37)34-21-25(28)19-29(38)36-32(40)23-7-11-26(33-3)12-8-23/h7-8,11-12,20-22,24,27,33H,4-6,9-10,13-19H2,1-3H3,(H,35,39). The summed E-state index contributed by atoms with van der Waals surface area (Å²) in [6.45, 7) is 7.77. The minimum absolute atomic E-state index is 0.0227. The Morgan fingerprint density at radius 1 is 1.07 bits per heavy atom. The molecule has 1 aliphatic carbocycles. The van der Waals surface area contributed by atoms with Gasteiger partial charge in [-0.2, -0.15) is 4.99 Å². The van der Waals surface area contributed by atoms with Gasteiger partial charge in [0.15, 0.2) is 0 Å². The first-order chi connectivity index (χ1) is 19.9. The highest BCUT2D eigenvalue weighted by Gasteiger charge is 2.36. The predicted octanol–water partition coefficient (Wildman–Crippen LogP) is 4.67. The average molecular weight is 561 g/mol. The van der Waals surface area contributed by atoms with Crippen molar-refractivity contribution in [2.75, 3.05) is 43.5 Å². The Labute approximate surface area is 243 Å². The number of piperidine rings is 1. The van der Waals surface area contributed by atoms with Crippen LogP contribution in [-0.4, -0.2) is 72.9 Å². The number of anilines is 2. The van der Waals surface area contributed by atoms with E-state index < -0.39 is 0 Å². The molecule has 1 aromatic carbocycles. The third-order valence-corrected chi connectivity index (χ3v) is 8.44. The lowest BCUT2D eigenvalue weighted by Crippen LogP contribution is -2.44. The fourth-order valence-corrected chi connectivity index (χ4v) is 6.21. The van der Waals surface area contributed by atoms with E-state index in [1.54, 1.807) is 12.1 Å². The number of hydrogen-bond acceptors (Lipinski definition) is 6. The highest BCUT2D eigenvalue weighted by Crippen LogP contribution is 2.38. The van der Waals surface area contributed by atoms with Crippen molar-refractivity contribution in [3.05, 3.63) is 47.7 Å². The number of pyridine rings is 1. The summed E-state index contributed by atoms with van der Waals surface area (Å²) < 4.78 is 6.12. The molecule has 2 amide bonds. The lowest BCUT2D eigenvalue weighted by molar-refractivity contribution is -0.126. The zero-order valence-corrected chi connectivity index (χ0v) is 24.7. The largest absolute Gasteiger partial charge is 0.476 e. The smallest absolute Gasteiger partial charge is 0.278 e. The number of nitrogens with zero attached hydrogens (tertiary/aromatic N) is 4. The van der Waals surface area contributed by atoms with Crippen LogP contribution in [0.1, 0.15) is 74.7 Å². The fraction of sp³-hybridized carbons (Fsp3) is 0.562. The topological polar surface area (TPSA) is 99.2 Å². The van der Waals surface area contributed by atoms with Gasteiger partial charge in [-0.1, -0.05) is 6.42 Å². The third-order valence-electron chi connectivity index (χ3n) is 8.44. The van der Waals surface area contributed by atoms with Gasteiger partial charge in [0.25, 0.3) is 5.91 Å². The van der Waals surface area contributed by atoms with Crippen LogP contribution >= 0.6 is 0 Å². The van der Waals surface area contributed by atoms with Gasteiger partial charge >= 0.3 is 0 Å². The summed E-state index contributed by atoms with van der Waals surface area (Å²) in [5.74, 6) is 1.25. The minimum atomic E-state index is -0.253. The molecule has 220 valence electrons. The molecule has 3 heterocycles. The number of carbonyl (C=O) groups is 2. The number of rotatable bonds is 9. The van der Waals surface area contributed by atoms with Gasteiger partial charge in [0, 0.05) is 67.1 Å². The second kappa shape index (κ2) is 13.5. The van der Waals surface area contributed by atoms with Crippen molar-refractivity contribution in [1.29, 1.82) is 0 Å². The number of amidine groups is 1.